The summed E-state index contributed by atoms with van der Waals surface area (Å²) in [6, 6.07) is 43.4. The number of rotatable bonds is 2. The van der Waals surface area contributed by atoms with Crippen molar-refractivity contribution in [1.82, 2.24) is 4.57 Å². The van der Waals surface area contributed by atoms with Crippen LogP contribution in [-0.2, 0) is 18.3 Å². The van der Waals surface area contributed by atoms with Gasteiger partial charge in [0.15, 0.2) is 0 Å². The van der Waals surface area contributed by atoms with Crippen LogP contribution in [0.3, 0.4) is 0 Å². The number of fused-ring (bicyclic) bond motifs is 7. The predicted octanol–water partition coefficient (Wildman–Crippen LogP) is 7.45. The van der Waals surface area contributed by atoms with Crippen molar-refractivity contribution in [3.8, 4) is 5.69 Å². The van der Waals surface area contributed by atoms with Crippen molar-refractivity contribution >= 4 is 51.1 Å². The van der Waals surface area contributed by atoms with Crippen molar-refractivity contribution in [2.45, 2.75) is 44.9 Å². The SMILES string of the molecule is CC1(C)c2ccccc2B2c3ccc(-n4c5c(c6ccccc64)CCCC5)cc3N(c3ccccc3)c3cccc1c32. The van der Waals surface area contributed by atoms with Crippen LogP contribution in [0.15, 0.2) is 115 Å². The average Bonchev–Trinajstić information content (AvgIpc) is 3.37. The molecule has 0 fully saturated rings. The molecule has 6 aromatic rings. The summed E-state index contributed by atoms with van der Waals surface area (Å²) < 4.78 is 2.57. The summed E-state index contributed by atoms with van der Waals surface area (Å²) in [5, 5.41) is 1.42. The maximum Gasteiger partial charge on any atom is 0.247 e. The van der Waals surface area contributed by atoms with E-state index in [-0.39, 0.29) is 12.1 Å². The number of benzene rings is 5. The lowest BCUT2D eigenvalue weighted by Crippen LogP contribution is -2.64. The van der Waals surface area contributed by atoms with E-state index in [0.29, 0.717) is 0 Å². The summed E-state index contributed by atoms with van der Waals surface area (Å²) in [6.45, 7) is 4.99. The van der Waals surface area contributed by atoms with E-state index in [0.717, 1.165) is 6.42 Å². The Kier molecular flexibility index (Phi) is 5.03. The molecular weight excluding hydrogens is 507 g/mol. The third-order valence-corrected chi connectivity index (χ3v) is 10.2. The van der Waals surface area contributed by atoms with Crippen molar-refractivity contribution in [1.29, 1.82) is 0 Å². The molecule has 3 heterocycles. The van der Waals surface area contributed by atoms with E-state index < -0.39 is 0 Å². The highest BCUT2D eigenvalue weighted by Gasteiger charge is 2.45. The lowest BCUT2D eigenvalue weighted by molar-refractivity contribution is 0.646. The molecule has 0 amide bonds. The second kappa shape index (κ2) is 8.75. The van der Waals surface area contributed by atoms with Gasteiger partial charge in [0.25, 0.3) is 0 Å². The van der Waals surface area contributed by atoms with Crippen LogP contribution in [0.2, 0.25) is 0 Å². The molecule has 0 saturated heterocycles. The van der Waals surface area contributed by atoms with Crippen molar-refractivity contribution in [3.63, 3.8) is 0 Å². The van der Waals surface area contributed by atoms with Crippen LogP contribution >= 0.6 is 0 Å². The number of para-hydroxylation sites is 2. The first kappa shape index (κ1) is 24.1. The van der Waals surface area contributed by atoms with E-state index in [1.165, 1.54) is 86.1 Å². The Morgan fingerprint density at radius 1 is 0.619 bits per heavy atom. The van der Waals surface area contributed by atoms with Gasteiger partial charge in [0.05, 0.1) is 5.52 Å². The van der Waals surface area contributed by atoms with Crippen molar-refractivity contribution in [3.05, 3.63) is 138 Å². The molecule has 0 spiro atoms. The normalized spacial score (nSPS) is 16.0. The predicted molar refractivity (Wildman–Crippen MR) is 178 cm³/mol. The van der Waals surface area contributed by atoms with Crippen LogP contribution < -0.4 is 21.3 Å². The zero-order valence-electron chi connectivity index (χ0n) is 24.3. The lowest BCUT2D eigenvalue weighted by Gasteiger charge is -2.45. The lowest BCUT2D eigenvalue weighted by atomic mass is 9.30. The summed E-state index contributed by atoms with van der Waals surface area (Å²) in [6.07, 6.45) is 4.86. The van der Waals surface area contributed by atoms with Gasteiger partial charge in [0.1, 0.15) is 0 Å². The Morgan fingerprint density at radius 3 is 2.29 bits per heavy atom. The quantitative estimate of drug-likeness (QED) is 0.207. The topological polar surface area (TPSA) is 8.17 Å². The Labute approximate surface area is 248 Å². The maximum absolute atomic E-state index is 2.57. The highest BCUT2D eigenvalue weighted by atomic mass is 15.2. The first-order chi connectivity index (χ1) is 20.6. The zero-order valence-corrected chi connectivity index (χ0v) is 24.3. The van der Waals surface area contributed by atoms with Crippen molar-refractivity contribution < 1.29 is 0 Å². The van der Waals surface area contributed by atoms with Crippen LogP contribution in [0, 0.1) is 0 Å². The van der Waals surface area contributed by atoms with Gasteiger partial charge >= 0.3 is 0 Å². The van der Waals surface area contributed by atoms with E-state index in [4.69, 9.17) is 0 Å². The van der Waals surface area contributed by atoms with Gasteiger partial charge in [-0.1, -0.05) is 98.2 Å². The van der Waals surface area contributed by atoms with E-state index in [9.17, 15) is 0 Å². The van der Waals surface area contributed by atoms with Gasteiger partial charge in [-0.3, -0.25) is 0 Å². The van der Waals surface area contributed by atoms with Gasteiger partial charge in [-0.2, -0.15) is 0 Å². The maximum atomic E-state index is 2.57. The summed E-state index contributed by atoms with van der Waals surface area (Å²) in [5.41, 5.74) is 16.5. The molecule has 0 N–H and O–H groups in total. The third-order valence-electron chi connectivity index (χ3n) is 10.2. The van der Waals surface area contributed by atoms with Crippen LogP contribution in [0.1, 0.15) is 49.1 Å². The highest BCUT2D eigenvalue weighted by molar-refractivity contribution is 6.99. The molecular formula is C39H33BN2. The second-order valence-corrected chi connectivity index (χ2v) is 12.8. The Hall–Kier alpha value is -4.50. The molecule has 2 aliphatic heterocycles. The number of aromatic nitrogens is 1. The molecule has 3 heteroatoms. The Balaban J connectivity index is 1.36. The molecule has 0 unspecified atom stereocenters. The minimum absolute atomic E-state index is 0.0681. The number of anilines is 3. The second-order valence-electron chi connectivity index (χ2n) is 12.8. The van der Waals surface area contributed by atoms with E-state index >= 15 is 0 Å². The number of hydrogen-bond donors (Lipinski definition) is 0. The number of aryl methyl sites for hydroxylation is 1. The van der Waals surface area contributed by atoms with Gasteiger partial charge in [-0.15, -0.1) is 0 Å². The fourth-order valence-electron chi connectivity index (χ4n) is 8.42. The highest BCUT2D eigenvalue weighted by Crippen LogP contribution is 2.43. The fraction of sp³-hybridized carbons (Fsp3) is 0.179. The number of hydrogen-bond acceptors (Lipinski definition) is 1. The molecule has 5 aromatic carbocycles. The smallest absolute Gasteiger partial charge is 0.247 e. The molecule has 0 radical (unpaired) electrons. The van der Waals surface area contributed by atoms with Gasteiger partial charge in [-0.05, 0) is 89.7 Å². The summed E-state index contributed by atoms with van der Waals surface area (Å²) in [7, 11) is 0. The van der Waals surface area contributed by atoms with E-state index in [2.05, 4.69) is 139 Å². The number of nitrogens with zero attached hydrogens (tertiary/aromatic N) is 2. The molecule has 9 rings (SSSR count). The van der Waals surface area contributed by atoms with Crippen molar-refractivity contribution in [2.75, 3.05) is 4.90 Å². The molecule has 0 bridgehead atoms. The standard InChI is InChI=1S/C39H33BN2/c1-39(2)30-17-8-9-19-32(30)40-33-24-23-27(42-34-20-10-6-15-28(34)29-16-7-11-21-35(29)42)25-37(33)41(26-13-4-3-5-14-26)36-22-12-18-31(39)38(36)40/h3-6,8-10,12-15,17-20,22-25H,7,11,16,21H2,1-2H3. The van der Waals surface area contributed by atoms with Gasteiger partial charge in [0.2, 0.25) is 6.71 Å². The molecule has 202 valence electrons. The molecule has 0 saturated carbocycles. The first-order valence-electron chi connectivity index (χ1n) is 15.5. The minimum Gasteiger partial charge on any atom is -0.313 e. The molecule has 3 aliphatic rings. The fourth-order valence-corrected chi connectivity index (χ4v) is 8.42. The van der Waals surface area contributed by atoms with Crippen LogP contribution in [-0.4, -0.2) is 11.3 Å². The minimum atomic E-state index is -0.0681. The molecule has 2 nitrogen and oxygen atoms in total. The molecule has 1 aliphatic carbocycles. The van der Waals surface area contributed by atoms with Crippen molar-refractivity contribution in [2.24, 2.45) is 0 Å². The summed E-state index contributed by atoms with van der Waals surface area (Å²) >= 11 is 0. The average molecular weight is 541 g/mol. The van der Waals surface area contributed by atoms with Gasteiger partial charge in [0, 0.05) is 39.2 Å². The molecule has 0 atom stereocenters. The van der Waals surface area contributed by atoms with Gasteiger partial charge < -0.3 is 9.47 Å². The summed E-state index contributed by atoms with van der Waals surface area (Å²) in [5.74, 6) is 0. The monoisotopic (exact) mass is 540 g/mol. The van der Waals surface area contributed by atoms with Crippen LogP contribution in [0.4, 0.5) is 17.1 Å². The first-order valence-corrected chi connectivity index (χ1v) is 15.5. The molecule has 42 heavy (non-hydrogen) atoms. The largest absolute Gasteiger partial charge is 0.313 e. The van der Waals surface area contributed by atoms with E-state index in [1.54, 1.807) is 5.56 Å². The third kappa shape index (κ3) is 3.17. The van der Waals surface area contributed by atoms with Gasteiger partial charge in [-0.25, -0.2) is 0 Å². The Morgan fingerprint density at radius 2 is 1.38 bits per heavy atom. The van der Waals surface area contributed by atoms with Crippen LogP contribution in [0.25, 0.3) is 16.6 Å². The Bertz CT molecular complexity index is 2030. The van der Waals surface area contributed by atoms with Crippen LogP contribution in [0.5, 0.6) is 0 Å². The summed E-state index contributed by atoms with van der Waals surface area (Å²) in [4.78, 5) is 2.52. The van der Waals surface area contributed by atoms with E-state index in [1.807, 2.05) is 0 Å². The zero-order chi connectivity index (χ0) is 28.0. The molecule has 1 aromatic heterocycles.